The molecule has 6 heteroatoms. The Balaban J connectivity index is 1.86. The highest BCUT2D eigenvalue weighted by Gasteiger charge is 2.20. The SMILES string of the molecule is CN(CC1CCC1)c1ccc2nc(CCN)c(Br)n2n1. The number of hydrogen-bond acceptors (Lipinski definition) is 4. The van der Waals surface area contributed by atoms with Crippen molar-refractivity contribution in [2.75, 3.05) is 25.0 Å². The van der Waals surface area contributed by atoms with Gasteiger partial charge >= 0.3 is 0 Å². The minimum atomic E-state index is 0.594. The molecule has 0 amide bonds. The van der Waals surface area contributed by atoms with Crippen LogP contribution in [0.5, 0.6) is 0 Å². The Bertz CT molecular complexity index is 605. The summed E-state index contributed by atoms with van der Waals surface area (Å²) in [6.07, 6.45) is 4.84. The normalized spacial score (nSPS) is 15.6. The predicted molar refractivity (Wildman–Crippen MR) is 84.1 cm³/mol. The number of imidazole rings is 1. The van der Waals surface area contributed by atoms with E-state index in [-0.39, 0.29) is 0 Å². The summed E-state index contributed by atoms with van der Waals surface area (Å²) in [6, 6.07) is 4.06. The summed E-state index contributed by atoms with van der Waals surface area (Å²) in [7, 11) is 2.11. The van der Waals surface area contributed by atoms with Crippen LogP contribution >= 0.6 is 15.9 Å². The fourth-order valence-electron chi connectivity index (χ4n) is 2.60. The van der Waals surface area contributed by atoms with Gasteiger partial charge < -0.3 is 10.6 Å². The Morgan fingerprint density at radius 1 is 1.45 bits per heavy atom. The largest absolute Gasteiger partial charge is 0.358 e. The topological polar surface area (TPSA) is 59.5 Å². The van der Waals surface area contributed by atoms with E-state index in [1.54, 1.807) is 0 Å². The van der Waals surface area contributed by atoms with Crippen molar-refractivity contribution >= 4 is 27.4 Å². The van der Waals surface area contributed by atoms with Crippen LogP contribution in [0.25, 0.3) is 5.65 Å². The molecule has 0 spiro atoms. The smallest absolute Gasteiger partial charge is 0.155 e. The van der Waals surface area contributed by atoms with Gasteiger partial charge in [-0.05, 0) is 53.4 Å². The van der Waals surface area contributed by atoms with E-state index < -0.39 is 0 Å². The lowest BCUT2D eigenvalue weighted by molar-refractivity contribution is 0.321. The third kappa shape index (κ3) is 2.54. The summed E-state index contributed by atoms with van der Waals surface area (Å²) in [6.45, 7) is 1.68. The third-order valence-electron chi connectivity index (χ3n) is 4.00. The Labute approximate surface area is 127 Å². The summed E-state index contributed by atoms with van der Waals surface area (Å²) in [5.74, 6) is 1.82. The van der Waals surface area contributed by atoms with Gasteiger partial charge in [-0.25, -0.2) is 9.50 Å². The highest BCUT2D eigenvalue weighted by Crippen LogP contribution is 2.28. The van der Waals surface area contributed by atoms with Gasteiger partial charge in [0.25, 0.3) is 0 Å². The summed E-state index contributed by atoms with van der Waals surface area (Å²) < 4.78 is 2.77. The first-order valence-corrected chi connectivity index (χ1v) is 7.93. The summed E-state index contributed by atoms with van der Waals surface area (Å²) >= 11 is 3.58. The number of nitrogens with two attached hydrogens (primary N) is 1. The fraction of sp³-hybridized carbons (Fsp3) is 0.571. The Morgan fingerprint density at radius 2 is 2.25 bits per heavy atom. The van der Waals surface area contributed by atoms with E-state index in [9.17, 15) is 0 Å². The van der Waals surface area contributed by atoms with Gasteiger partial charge in [0.15, 0.2) is 5.65 Å². The molecule has 5 nitrogen and oxygen atoms in total. The van der Waals surface area contributed by atoms with Crippen LogP contribution in [-0.2, 0) is 6.42 Å². The lowest BCUT2D eigenvalue weighted by atomic mass is 9.85. The molecule has 1 fully saturated rings. The molecule has 1 aliphatic rings. The quantitative estimate of drug-likeness (QED) is 0.908. The molecule has 0 radical (unpaired) electrons. The average Bonchev–Trinajstić information content (AvgIpc) is 2.71. The van der Waals surface area contributed by atoms with E-state index in [0.29, 0.717) is 6.54 Å². The van der Waals surface area contributed by atoms with E-state index in [0.717, 1.165) is 40.6 Å². The molecular formula is C14H20BrN5. The van der Waals surface area contributed by atoms with Crippen molar-refractivity contribution in [2.45, 2.75) is 25.7 Å². The lowest BCUT2D eigenvalue weighted by Crippen LogP contribution is -2.30. The van der Waals surface area contributed by atoms with Gasteiger partial charge in [0.2, 0.25) is 0 Å². The molecule has 0 aliphatic heterocycles. The average molecular weight is 338 g/mol. The number of halogens is 1. The number of hydrogen-bond donors (Lipinski definition) is 1. The first-order chi connectivity index (χ1) is 9.69. The predicted octanol–water partition coefficient (Wildman–Crippen LogP) is 2.23. The molecule has 0 saturated heterocycles. The Hall–Kier alpha value is -1.14. The van der Waals surface area contributed by atoms with Crippen LogP contribution in [0.4, 0.5) is 5.82 Å². The second kappa shape index (κ2) is 5.69. The summed E-state index contributed by atoms with van der Waals surface area (Å²) in [5.41, 5.74) is 7.44. The summed E-state index contributed by atoms with van der Waals surface area (Å²) in [5, 5.41) is 4.68. The molecule has 3 rings (SSSR count). The van der Waals surface area contributed by atoms with Crippen LogP contribution < -0.4 is 10.6 Å². The van der Waals surface area contributed by atoms with E-state index in [1.807, 2.05) is 16.6 Å². The monoisotopic (exact) mass is 337 g/mol. The van der Waals surface area contributed by atoms with Gasteiger partial charge in [-0.15, -0.1) is 5.10 Å². The van der Waals surface area contributed by atoms with Crippen LogP contribution in [0.2, 0.25) is 0 Å². The van der Waals surface area contributed by atoms with Crippen molar-refractivity contribution in [3.63, 3.8) is 0 Å². The Morgan fingerprint density at radius 3 is 2.90 bits per heavy atom. The van der Waals surface area contributed by atoms with Crippen LogP contribution in [0.15, 0.2) is 16.7 Å². The van der Waals surface area contributed by atoms with Crippen LogP contribution in [0, 0.1) is 5.92 Å². The van der Waals surface area contributed by atoms with Gasteiger partial charge in [-0.2, -0.15) is 0 Å². The molecule has 1 aliphatic carbocycles. The molecule has 1 saturated carbocycles. The molecule has 0 aromatic carbocycles. The first kappa shape index (κ1) is 13.8. The van der Waals surface area contributed by atoms with Crippen molar-refractivity contribution in [3.05, 3.63) is 22.4 Å². The van der Waals surface area contributed by atoms with Crippen molar-refractivity contribution in [1.82, 2.24) is 14.6 Å². The molecule has 0 bridgehead atoms. The third-order valence-corrected chi connectivity index (χ3v) is 4.80. The second-order valence-electron chi connectivity index (χ2n) is 5.53. The maximum absolute atomic E-state index is 5.61. The molecule has 2 aromatic rings. The van der Waals surface area contributed by atoms with E-state index in [1.165, 1.54) is 19.3 Å². The number of nitrogens with zero attached hydrogens (tertiary/aromatic N) is 4. The zero-order chi connectivity index (χ0) is 14.1. The maximum atomic E-state index is 5.61. The van der Waals surface area contributed by atoms with Crippen molar-refractivity contribution in [1.29, 1.82) is 0 Å². The molecule has 0 unspecified atom stereocenters. The number of rotatable bonds is 5. The molecule has 20 heavy (non-hydrogen) atoms. The Kier molecular flexibility index (Phi) is 3.94. The number of fused-ring (bicyclic) bond motifs is 1. The minimum Gasteiger partial charge on any atom is -0.358 e. The molecule has 2 N–H and O–H groups in total. The molecular weight excluding hydrogens is 318 g/mol. The molecule has 0 atom stereocenters. The molecule has 2 heterocycles. The lowest BCUT2D eigenvalue weighted by Gasteiger charge is -2.30. The zero-order valence-electron chi connectivity index (χ0n) is 11.7. The summed E-state index contributed by atoms with van der Waals surface area (Å²) in [4.78, 5) is 6.78. The van der Waals surface area contributed by atoms with Gasteiger partial charge in [0.05, 0.1) is 5.69 Å². The minimum absolute atomic E-state index is 0.594. The van der Waals surface area contributed by atoms with E-state index in [4.69, 9.17) is 5.73 Å². The second-order valence-corrected chi connectivity index (χ2v) is 6.28. The first-order valence-electron chi connectivity index (χ1n) is 7.14. The zero-order valence-corrected chi connectivity index (χ0v) is 13.3. The number of aromatic nitrogens is 3. The standard InChI is InChI=1S/C14H20BrN5/c1-19(9-10-3-2-4-10)13-6-5-12-17-11(7-8-16)14(15)20(12)18-13/h5-6,10H,2-4,7-9,16H2,1H3. The van der Waals surface area contributed by atoms with Crippen molar-refractivity contribution in [2.24, 2.45) is 11.7 Å². The number of anilines is 1. The highest BCUT2D eigenvalue weighted by molar-refractivity contribution is 9.10. The van der Waals surface area contributed by atoms with E-state index >= 15 is 0 Å². The van der Waals surface area contributed by atoms with Crippen LogP contribution in [0.1, 0.15) is 25.0 Å². The van der Waals surface area contributed by atoms with Crippen LogP contribution in [-0.4, -0.2) is 34.7 Å². The van der Waals surface area contributed by atoms with Gasteiger partial charge in [-0.3, -0.25) is 0 Å². The van der Waals surface area contributed by atoms with Gasteiger partial charge in [0, 0.05) is 20.0 Å². The molecule has 2 aromatic heterocycles. The van der Waals surface area contributed by atoms with Gasteiger partial charge in [-0.1, -0.05) is 6.42 Å². The highest BCUT2D eigenvalue weighted by atomic mass is 79.9. The van der Waals surface area contributed by atoms with Crippen molar-refractivity contribution < 1.29 is 0 Å². The van der Waals surface area contributed by atoms with Crippen molar-refractivity contribution in [3.8, 4) is 0 Å². The maximum Gasteiger partial charge on any atom is 0.155 e. The molecule has 108 valence electrons. The van der Waals surface area contributed by atoms with Gasteiger partial charge in [0.1, 0.15) is 10.4 Å². The fourth-order valence-corrected chi connectivity index (χ4v) is 3.15. The van der Waals surface area contributed by atoms with E-state index in [2.05, 4.69) is 38.0 Å². The van der Waals surface area contributed by atoms with Crippen LogP contribution in [0.3, 0.4) is 0 Å².